The number of ether oxygens (including phenoxy) is 4. The molecule has 0 amide bonds. The van der Waals surface area contributed by atoms with Crippen molar-refractivity contribution in [1.82, 2.24) is 5.32 Å². The number of carbonyl (C=O) groups excluding carboxylic acids is 2. The predicted molar refractivity (Wildman–Crippen MR) is 149 cm³/mol. The van der Waals surface area contributed by atoms with Gasteiger partial charge in [0.1, 0.15) is 5.75 Å². The second kappa shape index (κ2) is 11.6. The van der Waals surface area contributed by atoms with Gasteiger partial charge in [0, 0.05) is 33.4 Å². The summed E-state index contributed by atoms with van der Waals surface area (Å²) in [4.78, 5) is 27.4. The van der Waals surface area contributed by atoms with Crippen molar-refractivity contribution in [2.45, 2.75) is 45.4 Å². The average Bonchev–Trinajstić information content (AvgIpc) is 2.90. The molecule has 0 aromatic heterocycles. The zero-order valence-electron chi connectivity index (χ0n) is 22.6. The molecule has 4 rings (SSSR count). The zero-order chi connectivity index (χ0) is 27.6. The van der Waals surface area contributed by atoms with E-state index in [0.717, 1.165) is 21.3 Å². The fourth-order valence-electron chi connectivity index (χ4n) is 5.21. The van der Waals surface area contributed by atoms with Gasteiger partial charge >= 0.3 is 5.97 Å². The lowest BCUT2D eigenvalue weighted by molar-refractivity contribution is -0.140. The van der Waals surface area contributed by atoms with E-state index in [-0.39, 0.29) is 17.6 Å². The first-order chi connectivity index (χ1) is 18.2. The lowest BCUT2D eigenvalue weighted by Crippen LogP contribution is -2.36. The van der Waals surface area contributed by atoms with Crippen LogP contribution in [0.25, 0.3) is 0 Å². The Morgan fingerprint density at radius 2 is 1.68 bits per heavy atom. The summed E-state index contributed by atoms with van der Waals surface area (Å²) in [6.07, 6.45) is 0.908. The third-order valence-corrected chi connectivity index (χ3v) is 7.47. The van der Waals surface area contributed by atoms with Gasteiger partial charge in [-0.2, -0.15) is 0 Å². The van der Waals surface area contributed by atoms with Crippen molar-refractivity contribution in [1.29, 1.82) is 0 Å². The summed E-state index contributed by atoms with van der Waals surface area (Å²) in [5.41, 5.74) is 4.23. The van der Waals surface area contributed by atoms with Crippen LogP contribution >= 0.6 is 15.9 Å². The Hall–Kier alpha value is -3.26. The van der Waals surface area contributed by atoms with Gasteiger partial charge in [-0.15, -0.1) is 0 Å². The molecular formula is C30H34BrNO6. The van der Waals surface area contributed by atoms with Crippen LogP contribution in [0.5, 0.6) is 17.2 Å². The molecule has 0 spiro atoms. The van der Waals surface area contributed by atoms with Gasteiger partial charge in [-0.25, -0.2) is 4.79 Å². The molecule has 7 nitrogen and oxygen atoms in total. The highest BCUT2D eigenvalue weighted by atomic mass is 79.9. The van der Waals surface area contributed by atoms with E-state index in [1.165, 1.54) is 0 Å². The van der Waals surface area contributed by atoms with Crippen LogP contribution in [0.4, 0.5) is 0 Å². The molecule has 8 heteroatoms. The zero-order valence-corrected chi connectivity index (χ0v) is 24.2. The second-order valence-electron chi connectivity index (χ2n) is 10.0. The van der Waals surface area contributed by atoms with E-state index >= 15 is 0 Å². The molecule has 0 bridgehead atoms. The van der Waals surface area contributed by atoms with Gasteiger partial charge in [0.15, 0.2) is 17.3 Å². The Morgan fingerprint density at radius 3 is 2.34 bits per heavy atom. The molecule has 202 valence electrons. The molecule has 2 aromatic rings. The minimum atomic E-state index is -0.614. The SMILES string of the molecule is COc1ccc([C@H]2CC(=O)C3=C(C2)NC(C)=C(C(=O)OCC(C)C)[C@@H]3c2cc(Br)ccc2OC)cc1OC. The number of esters is 1. The van der Waals surface area contributed by atoms with E-state index in [1.807, 2.05) is 57.2 Å². The maximum absolute atomic E-state index is 13.9. The van der Waals surface area contributed by atoms with Gasteiger partial charge in [-0.05, 0) is 61.1 Å². The van der Waals surface area contributed by atoms with Crippen LogP contribution < -0.4 is 19.5 Å². The number of hydrogen-bond donors (Lipinski definition) is 1. The minimum Gasteiger partial charge on any atom is -0.496 e. The molecule has 0 saturated heterocycles. The lowest BCUT2D eigenvalue weighted by atomic mass is 9.71. The number of halogens is 1. The smallest absolute Gasteiger partial charge is 0.336 e. The Bertz CT molecular complexity index is 1310. The van der Waals surface area contributed by atoms with Crippen molar-refractivity contribution in [3.05, 3.63) is 74.5 Å². The van der Waals surface area contributed by atoms with Crippen LogP contribution in [0.3, 0.4) is 0 Å². The minimum absolute atomic E-state index is 0.0211. The number of hydrogen-bond acceptors (Lipinski definition) is 7. The Kier molecular flexibility index (Phi) is 8.51. The number of allylic oxidation sites excluding steroid dienone is 3. The molecule has 2 aromatic carbocycles. The van der Waals surface area contributed by atoms with E-state index in [2.05, 4.69) is 21.2 Å². The lowest BCUT2D eigenvalue weighted by Gasteiger charge is -2.37. The number of rotatable bonds is 8. The van der Waals surface area contributed by atoms with E-state index in [0.29, 0.717) is 53.5 Å². The quantitative estimate of drug-likeness (QED) is 0.379. The maximum atomic E-state index is 13.9. The second-order valence-corrected chi connectivity index (χ2v) is 10.9. The van der Waals surface area contributed by atoms with E-state index in [4.69, 9.17) is 18.9 Å². The molecule has 38 heavy (non-hydrogen) atoms. The number of nitrogens with one attached hydrogen (secondary N) is 1. The van der Waals surface area contributed by atoms with Gasteiger partial charge in [0.2, 0.25) is 0 Å². The highest BCUT2D eigenvalue weighted by Crippen LogP contribution is 2.48. The monoisotopic (exact) mass is 583 g/mol. The number of carbonyl (C=O) groups is 2. The number of dihydropyridines is 1. The molecule has 0 radical (unpaired) electrons. The largest absolute Gasteiger partial charge is 0.496 e. The van der Waals surface area contributed by atoms with Gasteiger partial charge in [-0.3, -0.25) is 4.79 Å². The molecule has 0 saturated carbocycles. The summed E-state index contributed by atoms with van der Waals surface area (Å²) in [6, 6.07) is 11.4. The summed E-state index contributed by atoms with van der Waals surface area (Å²) >= 11 is 3.56. The molecular weight excluding hydrogens is 550 g/mol. The van der Waals surface area contributed by atoms with Crippen molar-refractivity contribution in [3.63, 3.8) is 0 Å². The van der Waals surface area contributed by atoms with E-state index in [1.54, 1.807) is 21.3 Å². The summed E-state index contributed by atoms with van der Waals surface area (Å²) in [7, 11) is 4.78. The topological polar surface area (TPSA) is 83.1 Å². The molecule has 1 aliphatic carbocycles. The fraction of sp³-hybridized carbons (Fsp3) is 0.400. The number of benzene rings is 2. The van der Waals surface area contributed by atoms with Crippen molar-refractivity contribution in [3.8, 4) is 17.2 Å². The number of Topliss-reactive ketones (excluding diaryl/α,β-unsaturated/α-hetero) is 1. The Labute approximate surface area is 232 Å². The Morgan fingerprint density at radius 1 is 1.00 bits per heavy atom. The van der Waals surface area contributed by atoms with Crippen LogP contribution in [-0.2, 0) is 14.3 Å². The van der Waals surface area contributed by atoms with Gasteiger partial charge in [0.05, 0.1) is 39.4 Å². The third kappa shape index (κ3) is 5.46. The van der Waals surface area contributed by atoms with Crippen LogP contribution in [0.2, 0.25) is 0 Å². The van der Waals surface area contributed by atoms with Crippen LogP contribution in [0.1, 0.15) is 56.6 Å². The van der Waals surface area contributed by atoms with Crippen molar-refractivity contribution in [2.75, 3.05) is 27.9 Å². The summed E-state index contributed by atoms with van der Waals surface area (Å²) in [5.74, 6) is 0.922. The standard InChI is InChI=1S/C30H34BrNO6/c1-16(2)15-38-30(34)27-17(3)32-22-11-19(18-7-9-25(36-5)26(13-18)37-6)12-23(33)29(22)28(27)21-14-20(31)8-10-24(21)35-4/h7-10,13-14,16,19,28,32H,11-12,15H2,1-6H3/t19-,28+/m1/s1. The highest BCUT2D eigenvalue weighted by Gasteiger charge is 2.42. The molecule has 2 atom stereocenters. The molecule has 1 heterocycles. The van der Waals surface area contributed by atoms with Crippen molar-refractivity contribution in [2.24, 2.45) is 5.92 Å². The molecule has 0 fully saturated rings. The first-order valence-electron chi connectivity index (χ1n) is 12.6. The molecule has 0 unspecified atom stereocenters. The Balaban J connectivity index is 1.81. The van der Waals surface area contributed by atoms with Crippen LogP contribution in [0.15, 0.2) is 63.4 Å². The van der Waals surface area contributed by atoms with Gasteiger partial charge in [0.25, 0.3) is 0 Å². The van der Waals surface area contributed by atoms with E-state index < -0.39 is 11.9 Å². The summed E-state index contributed by atoms with van der Waals surface area (Å²) in [6.45, 7) is 6.13. The van der Waals surface area contributed by atoms with Gasteiger partial charge < -0.3 is 24.3 Å². The average molecular weight is 585 g/mol. The van der Waals surface area contributed by atoms with Crippen LogP contribution in [-0.4, -0.2) is 39.7 Å². The molecule has 2 aliphatic rings. The predicted octanol–water partition coefficient (Wildman–Crippen LogP) is 6.04. The van der Waals surface area contributed by atoms with Crippen molar-refractivity contribution < 1.29 is 28.5 Å². The number of methoxy groups -OCH3 is 3. The van der Waals surface area contributed by atoms with Gasteiger partial charge in [-0.1, -0.05) is 35.8 Å². The fourth-order valence-corrected chi connectivity index (χ4v) is 5.59. The van der Waals surface area contributed by atoms with Crippen molar-refractivity contribution >= 4 is 27.7 Å². The normalized spacial score (nSPS) is 19.2. The molecule has 1 N–H and O–H groups in total. The highest BCUT2D eigenvalue weighted by molar-refractivity contribution is 9.10. The first kappa shape index (κ1) is 27.8. The number of ketones is 1. The molecule has 1 aliphatic heterocycles. The van der Waals surface area contributed by atoms with E-state index in [9.17, 15) is 9.59 Å². The maximum Gasteiger partial charge on any atom is 0.336 e. The summed E-state index contributed by atoms with van der Waals surface area (Å²) < 4.78 is 23.1. The first-order valence-corrected chi connectivity index (χ1v) is 13.4. The van der Waals surface area contributed by atoms with Crippen LogP contribution in [0, 0.1) is 5.92 Å². The third-order valence-electron chi connectivity index (χ3n) is 6.98. The summed E-state index contributed by atoms with van der Waals surface area (Å²) in [5, 5.41) is 3.40.